The van der Waals surface area contributed by atoms with Crippen LogP contribution in [0.5, 0.6) is 0 Å². The van der Waals surface area contributed by atoms with Crippen LogP contribution < -0.4 is 5.56 Å². The molecule has 0 saturated carbocycles. The second kappa shape index (κ2) is 4.31. The number of nitrogens with zero attached hydrogens (tertiary/aromatic N) is 2. The fourth-order valence-corrected chi connectivity index (χ4v) is 2.07. The van der Waals surface area contributed by atoms with E-state index in [0.717, 1.165) is 16.5 Å². The predicted molar refractivity (Wildman–Crippen MR) is 75.1 cm³/mol. The zero-order chi connectivity index (χ0) is 13.4. The molecule has 0 aliphatic heterocycles. The first-order valence-electron chi connectivity index (χ1n) is 6.08. The van der Waals surface area contributed by atoms with Crippen LogP contribution in [0.4, 0.5) is 0 Å². The number of hydrogen-bond donors (Lipinski definition) is 1. The van der Waals surface area contributed by atoms with Crippen molar-refractivity contribution in [1.29, 1.82) is 0 Å². The Labute approximate surface area is 110 Å². The minimum absolute atomic E-state index is 0.114. The summed E-state index contributed by atoms with van der Waals surface area (Å²) in [6, 6.07) is 9.86. The molecular formula is C15H13N3O. The van der Waals surface area contributed by atoms with Gasteiger partial charge >= 0.3 is 0 Å². The number of aromatic amines is 1. The Morgan fingerprint density at radius 1 is 1.11 bits per heavy atom. The normalized spacial score (nSPS) is 10.8. The second-order valence-corrected chi connectivity index (χ2v) is 4.51. The summed E-state index contributed by atoms with van der Waals surface area (Å²) in [7, 11) is 0. The summed E-state index contributed by atoms with van der Waals surface area (Å²) in [5.41, 5.74) is 1.97. The van der Waals surface area contributed by atoms with E-state index < -0.39 is 0 Å². The topological polar surface area (TPSA) is 58.6 Å². The van der Waals surface area contributed by atoms with E-state index in [1.807, 2.05) is 37.3 Å². The van der Waals surface area contributed by atoms with Gasteiger partial charge in [-0.3, -0.25) is 9.78 Å². The van der Waals surface area contributed by atoms with Crippen LogP contribution in [0, 0.1) is 13.8 Å². The van der Waals surface area contributed by atoms with Crippen molar-refractivity contribution in [3.05, 3.63) is 58.1 Å². The van der Waals surface area contributed by atoms with Crippen LogP contribution in [0.3, 0.4) is 0 Å². The van der Waals surface area contributed by atoms with Gasteiger partial charge in [0.2, 0.25) is 0 Å². The van der Waals surface area contributed by atoms with Crippen LogP contribution >= 0.6 is 0 Å². The summed E-state index contributed by atoms with van der Waals surface area (Å²) in [5, 5.41) is 2.06. The highest BCUT2D eigenvalue weighted by Gasteiger charge is 2.10. The van der Waals surface area contributed by atoms with Gasteiger partial charge in [0.05, 0.1) is 0 Å². The van der Waals surface area contributed by atoms with Crippen molar-refractivity contribution in [2.45, 2.75) is 13.8 Å². The molecule has 0 atom stereocenters. The van der Waals surface area contributed by atoms with Crippen LogP contribution in [0.1, 0.15) is 11.3 Å². The molecule has 2 aromatic heterocycles. The summed E-state index contributed by atoms with van der Waals surface area (Å²) in [6.45, 7) is 3.60. The lowest BCUT2D eigenvalue weighted by atomic mass is 10.1. The van der Waals surface area contributed by atoms with Gasteiger partial charge in [-0.05, 0) is 25.3 Å². The van der Waals surface area contributed by atoms with Gasteiger partial charge in [-0.1, -0.05) is 24.3 Å². The molecule has 1 aromatic carbocycles. The van der Waals surface area contributed by atoms with Crippen LogP contribution in [-0.4, -0.2) is 15.0 Å². The third-order valence-corrected chi connectivity index (χ3v) is 3.29. The van der Waals surface area contributed by atoms with Crippen molar-refractivity contribution < 1.29 is 0 Å². The van der Waals surface area contributed by atoms with Gasteiger partial charge in [0.15, 0.2) is 5.82 Å². The molecule has 4 nitrogen and oxygen atoms in total. The minimum Gasteiger partial charge on any atom is -0.305 e. The molecule has 0 fully saturated rings. The number of hydrogen-bond acceptors (Lipinski definition) is 3. The number of aryl methyl sites for hydroxylation is 1. The average molecular weight is 251 g/mol. The number of aromatic nitrogens is 3. The molecule has 3 aromatic rings. The molecule has 0 amide bonds. The largest absolute Gasteiger partial charge is 0.305 e. The third kappa shape index (κ3) is 1.91. The Bertz CT molecular complexity index is 816. The molecule has 3 rings (SSSR count). The van der Waals surface area contributed by atoms with Crippen LogP contribution in [0.2, 0.25) is 0 Å². The molecule has 4 heteroatoms. The average Bonchev–Trinajstić information content (AvgIpc) is 2.43. The summed E-state index contributed by atoms with van der Waals surface area (Å²) >= 11 is 0. The van der Waals surface area contributed by atoms with E-state index in [1.54, 1.807) is 13.1 Å². The van der Waals surface area contributed by atoms with Crippen molar-refractivity contribution in [2.24, 2.45) is 0 Å². The molecule has 0 unspecified atom stereocenters. The number of H-pyrrole nitrogens is 1. The Balaban J connectivity index is 2.34. The number of benzene rings is 1. The maximum absolute atomic E-state index is 11.8. The van der Waals surface area contributed by atoms with Crippen LogP contribution in [-0.2, 0) is 0 Å². The van der Waals surface area contributed by atoms with Crippen molar-refractivity contribution in [1.82, 2.24) is 15.0 Å². The molecule has 0 radical (unpaired) electrons. The van der Waals surface area contributed by atoms with Gasteiger partial charge in [-0.15, -0.1) is 0 Å². The second-order valence-electron chi connectivity index (χ2n) is 4.51. The SMILES string of the molecule is Cc1nc(-c2nccc3ccccc23)[nH]c(=O)c1C. The molecule has 94 valence electrons. The first kappa shape index (κ1) is 11.6. The van der Waals surface area contributed by atoms with Gasteiger partial charge in [0.25, 0.3) is 5.56 Å². The lowest BCUT2D eigenvalue weighted by Crippen LogP contribution is -2.14. The number of fused-ring (bicyclic) bond motifs is 1. The van der Waals surface area contributed by atoms with E-state index in [-0.39, 0.29) is 5.56 Å². The first-order chi connectivity index (χ1) is 9.16. The van der Waals surface area contributed by atoms with E-state index in [4.69, 9.17) is 0 Å². The molecule has 2 heterocycles. The zero-order valence-electron chi connectivity index (χ0n) is 10.8. The smallest absolute Gasteiger partial charge is 0.254 e. The Hall–Kier alpha value is -2.49. The highest BCUT2D eigenvalue weighted by molar-refractivity contribution is 5.92. The van der Waals surface area contributed by atoms with Gasteiger partial charge in [0.1, 0.15) is 5.69 Å². The predicted octanol–water partition coefficient (Wildman–Crippen LogP) is 2.60. The van der Waals surface area contributed by atoms with E-state index in [0.29, 0.717) is 17.1 Å². The van der Waals surface area contributed by atoms with E-state index in [9.17, 15) is 4.79 Å². The fourth-order valence-electron chi connectivity index (χ4n) is 2.07. The fraction of sp³-hybridized carbons (Fsp3) is 0.133. The molecule has 0 aliphatic rings. The monoisotopic (exact) mass is 251 g/mol. The number of rotatable bonds is 1. The molecule has 0 aliphatic carbocycles. The maximum atomic E-state index is 11.8. The number of nitrogens with one attached hydrogen (secondary N) is 1. The highest BCUT2D eigenvalue weighted by Crippen LogP contribution is 2.23. The van der Waals surface area contributed by atoms with Crippen molar-refractivity contribution >= 4 is 10.8 Å². The van der Waals surface area contributed by atoms with E-state index in [1.165, 1.54) is 0 Å². The first-order valence-corrected chi connectivity index (χ1v) is 6.08. The zero-order valence-corrected chi connectivity index (χ0v) is 10.8. The standard InChI is InChI=1S/C15H13N3O/c1-9-10(2)17-14(18-15(9)19)13-12-6-4-3-5-11(12)7-8-16-13/h3-8H,1-2H3,(H,17,18,19). The Morgan fingerprint density at radius 2 is 1.89 bits per heavy atom. The lowest BCUT2D eigenvalue weighted by Gasteiger charge is -2.06. The maximum Gasteiger partial charge on any atom is 0.254 e. The van der Waals surface area contributed by atoms with Gasteiger partial charge in [-0.2, -0.15) is 0 Å². The molecule has 0 bridgehead atoms. The van der Waals surface area contributed by atoms with Crippen LogP contribution in [0.25, 0.3) is 22.3 Å². The van der Waals surface area contributed by atoms with Gasteiger partial charge < -0.3 is 4.98 Å². The number of pyridine rings is 1. The Morgan fingerprint density at radius 3 is 2.68 bits per heavy atom. The van der Waals surface area contributed by atoms with E-state index >= 15 is 0 Å². The molecule has 0 saturated heterocycles. The summed E-state index contributed by atoms with van der Waals surface area (Å²) in [5.74, 6) is 0.518. The van der Waals surface area contributed by atoms with Crippen molar-refractivity contribution in [3.8, 4) is 11.5 Å². The van der Waals surface area contributed by atoms with Crippen molar-refractivity contribution in [2.75, 3.05) is 0 Å². The molecular weight excluding hydrogens is 238 g/mol. The minimum atomic E-state index is -0.114. The summed E-state index contributed by atoms with van der Waals surface area (Å²) < 4.78 is 0. The Kier molecular flexibility index (Phi) is 2.63. The van der Waals surface area contributed by atoms with E-state index in [2.05, 4.69) is 15.0 Å². The summed E-state index contributed by atoms with van der Waals surface area (Å²) in [4.78, 5) is 23.4. The highest BCUT2D eigenvalue weighted by atomic mass is 16.1. The van der Waals surface area contributed by atoms with Crippen LogP contribution in [0.15, 0.2) is 41.3 Å². The summed E-state index contributed by atoms with van der Waals surface area (Å²) in [6.07, 6.45) is 1.73. The lowest BCUT2D eigenvalue weighted by molar-refractivity contribution is 1.02. The van der Waals surface area contributed by atoms with Crippen molar-refractivity contribution in [3.63, 3.8) is 0 Å². The third-order valence-electron chi connectivity index (χ3n) is 3.29. The molecule has 19 heavy (non-hydrogen) atoms. The quantitative estimate of drug-likeness (QED) is 0.723. The molecule has 0 spiro atoms. The van der Waals surface area contributed by atoms with Gasteiger partial charge in [-0.25, -0.2) is 4.98 Å². The molecule has 1 N–H and O–H groups in total. The van der Waals surface area contributed by atoms with Gasteiger partial charge in [0, 0.05) is 22.8 Å².